The minimum atomic E-state index is -2.32. The van der Waals surface area contributed by atoms with E-state index in [1.54, 1.807) is 46.8 Å². The molecule has 2 unspecified atom stereocenters. The molecule has 0 N–H and O–H groups in total. The van der Waals surface area contributed by atoms with Crippen molar-refractivity contribution in [2.24, 2.45) is 0 Å². The van der Waals surface area contributed by atoms with Crippen LogP contribution in [0.4, 0.5) is 0 Å². The van der Waals surface area contributed by atoms with Gasteiger partial charge in [-0.3, -0.25) is 0 Å². The van der Waals surface area contributed by atoms with Gasteiger partial charge < -0.3 is 0 Å². The Kier molecular flexibility index (Phi) is 13.0. The molecule has 0 fully saturated rings. The molecule has 0 radical (unpaired) electrons. The van der Waals surface area contributed by atoms with E-state index in [0.717, 1.165) is 0 Å². The van der Waals surface area contributed by atoms with Gasteiger partial charge >= 0.3 is 295 Å². The van der Waals surface area contributed by atoms with Crippen molar-refractivity contribution in [2.75, 3.05) is 0 Å². The Morgan fingerprint density at radius 1 is 0.522 bits per heavy atom. The third-order valence-electron chi connectivity index (χ3n) is 9.78. The van der Waals surface area contributed by atoms with Crippen molar-refractivity contribution in [3.8, 4) is 20.9 Å². The molecular formula is C40H58S4Sn2. The third-order valence-corrected chi connectivity index (χ3v) is 33.5. The zero-order chi connectivity index (χ0) is 33.2. The van der Waals surface area contributed by atoms with Crippen LogP contribution in [0.2, 0.25) is 29.6 Å². The van der Waals surface area contributed by atoms with Crippen LogP contribution >= 0.6 is 45.3 Å². The van der Waals surface area contributed by atoms with Crippen LogP contribution in [-0.4, -0.2) is 36.8 Å². The first-order valence-corrected chi connectivity index (χ1v) is 41.4. The molecule has 5 aromatic rings. The SMILES string of the molecule is CCCCCC(CC)c1ccc(-c2c3c[c]([Sn]([CH3])([CH3])[CH3])sc3c(-c3ccc(C(CC)CCCCC)s3)c3c[c]([Sn]([CH3])([CH3])[CH3])sc23)s1. The number of hydrogen-bond acceptors (Lipinski definition) is 4. The molecule has 5 rings (SSSR count). The summed E-state index contributed by atoms with van der Waals surface area (Å²) in [5, 5.41) is 3.09. The summed E-state index contributed by atoms with van der Waals surface area (Å²) >= 11 is 3.90. The topological polar surface area (TPSA) is 0 Å². The first-order chi connectivity index (χ1) is 21.9. The van der Waals surface area contributed by atoms with Gasteiger partial charge in [0.05, 0.1) is 0 Å². The van der Waals surface area contributed by atoms with Crippen LogP contribution in [0.25, 0.3) is 41.1 Å². The Hall–Kier alpha value is 0.137. The molecule has 2 atom stereocenters. The van der Waals surface area contributed by atoms with Crippen LogP contribution in [0.15, 0.2) is 36.4 Å². The standard InChI is InChI=1S/C34H40S4.6CH3.2Sn/c1-5-9-11-13-23(7-3)27-15-17-29(37-27)31-25-19-21-36-34(25)32(26-20-22-35-33(26)31)30-18-16-28(38-30)24(8-4)14-12-10-6-2;;;;;;;;/h15-20,23-24H,5-14H2,1-4H3;6*1H3;;. The maximum atomic E-state index is 2.68. The molecule has 0 aliphatic carbocycles. The zero-order valence-electron chi connectivity index (χ0n) is 30.3. The normalized spacial score (nSPS) is 14.1. The van der Waals surface area contributed by atoms with E-state index in [1.165, 1.54) is 74.0 Å². The van der Waals surface area contributed by atoms with Crippen LogP contribution in [0.3, 0.4) is 0 Å². The van der Waals surface area contributed by atoms with E-state index in [1.807, 2.05) is 0 Å². The number of hydrogen-bond donors (Lipinski definition) is 0. The summed E-state index contributed by atoms with van der Waals surface area (Å²) in [4.78, 5) is 21.8. The van der Waals surface area contributed by atoms with E-state index in [4.69, 9.17) is 0 Å². The number of thiophene rings is 4. The molecule has 4 heterocycles. The van der Waals surface area contributed by atoms with Gasteiger partial charge in [0.1, 0.15) is 0 Å². The molecule has 0 amide bonds. The Balaban J connectivity index is 1.75. The second kappa shape index (κ2) is 16.0. The molecule has 250 valence electrons. The average molecular weight is 905 g/mol. The van der Waals surface area contributed by atoms with Gasteiger partial charge in [-0.25, -0.2) is 0 Å². The molecular weight excluding hydrogens is 846 g/mol. The fourth-order valence-electron chi connectivity index (χ4n) is 6.79. The quantitative estimate of drug-likeness (QED) is 0.0684. The first kappa shape index (κ1) is 37.4. The van der Waals surface area contributed by atoms with Crippen molar-refractivity contribution in [2.45, 2.75) is 133 Å². The van der Waals surface area contributed by atoms with Gasteiger partial charge in [0.2, 0.25) is 0 Å². The molecule has 0 nitrogen and oxygen atoms in total. The van der Waals surface area contributed by atoms with Crippen LogP contribution in [0.1, 0.15) is 113 Å². The van der Waals surface area contributed by atoms with E-state index in [9.17, 15) is 0 Å². The summed E-state index contributed by atoms with van der Waals surface area (Å²) in [6.07, 6.45) is 13.2. The predicted molar refractivity (Wildman–Crippen MR) is 224 cm³/mol. The van der Waals surface area contributed by atoms with Crippen LogP contribution in [0, 0.1) is 0 Å². The van der Waals surface area contributed by atoms with Gasteiger partial charge in [0, 0.05) is 0 Å². The van der Waals surface area contributed by atoms with Gasteiger partial charge in [0.25, 0.3) is 0 Å². The van der Waals surface area contributed by atoms with Gasteiger partial charge in [-0.2, -0.15) is 0 Å². The minimum absolute atomic E-state index is 0.692. The molecule has 0 bridgehead atoms. The van der Waals surface area contributed by atoms with Gasteiger partial charge in [-0.15, -0.1) is 0 Å². The Bertz CT molecular complexity index is 1550. The summed E-state index contributed by atoms with van der Waals surface area (Å²) in [6.45, 7) is 9.44. The molecule has 0 aliphatic heterocycles. The molecule has 0 spiro atoms. The molecule has 4 aromatic heterocycles. The summed E-state index contributed by atoms with van der Waals surface area (Å²) in [5.41, 5.74) is 3.11. The molecule has 0 saturated carbocycles. The Morgan fingerprint density at radius 2 is 0.913 bits per heavy atom. The zero-order valence-corrected chi connectivity index (χ0v) is 39.3. The molecule has 6 heteroatoms. The first-order valence-electron chi connectivity index (χ1n) is 18.1. The van der Waals surface area contributed by atoms with Gasteiger partial charge in [-0.1, -0.05) is 13.8 Å². The van der Waals surface area contributed by atoms with E-state index in [2.05, 4.69) is 139 Å². The fourth-order valence-corrected chi connectivity index (χ4v) is 22.4. The number of benzene rings is 1. The molecule has 46 heavy (non-hydrogen) atoms. The second-order valence-electron chi connectivity index (χ2n) is 15.6. The Labute approximate surface area is 305 Å². The van der Waals surface area contributed by atoms with Crippen LogP contribution in [0.5, 0.6) is 0 Å². The van der Waals surface area contributed by atoms with Crippen molar-refractivity contribution in [1.29, 1.82) is 0 Å². The number of fused-ring (bicyclic) bond motifs is 2. The van der Waals surface area contributed by atoms with Gasteiger partial charge in [0.15, 0.2) is 0 Å². The molecule has 1 aromatic carbocycles. The summed E-state index contributed by atoms with van der Waals surface area (Å²) in [7, 11) is 0. The summed E-state index contributed by atoms with van der Waals surface area (Å²) in [6, 6.07) is 15.3. The average Bonchev–Trinajstić information content (AvgIpc) is 3.81. The summed E-state index contributed by atoms with van der Waals surface area (Å²) in [5.74, 6) is 1.38. The van der Waals surface area contributed by atoms with Crippen LogP contribution < -0.4 is 5.79 Å². The van der Waals surface area contributed by atoms with Gasteiger partial charge in [-0.05, 0) is 0 Å². The van der Waals surface area contributed by atoms with Crippen molar-refractivity contribution in [3.05, 3.63) is 46.2 Å². The van der Waals surface area contributed by atoms with E-state index in [-0.39, 0.29) is 0 Å². The van der Waals surface area contributed by atoms with Crippen molar-refractivity contribution in [3.63, 3.8) is 0 Å². The van der Waals surface area contributed by atoms with Crippen molar-refractivity contribution < 1.29 is 0 Å². The summed E-state index contributed by atoms with van der Waals surface area (Å²) < 4.78 is 6.56. The molecule has 0 saturated heterocycles. The van der Waals surface area contributed by atoms with Crippen molar-refractivity contribution >= 4 is 108 Å². The molecule has 0 aliphatic rings. The second-order valence-corrected chi connectivity index (χ2v) is 50.7. The predicted octanol–water partition coefficient (Wildman–Crippen LogP) is 14.8. The van der Waals surface area contributed by atoms with Crippen LogP contribution in [-0.2, 0) is 0 Å². The van der Waals surface area contributed by atoms with E-state index >= 15 is 0 Å². The van der Waals surface area contributed by atoms with E-state index < -0.39 is 36.8 Å². The Morgan fingerprint density at radius 3 is 1.24 bits per heavy atom. The third kappa shape index (κ3) is 8.19. The van der Waals surface area contributed by atoms with Crippen molar-refractivity contribution in [1.82, 2.24) is 0 Å². The van der Waals surface area contributed by atoms with E-state index in [0.29, 0.717) is 11.8 Å². The number of rotatable bonds is 16. The monoisotopic (exact) mass is 906 g/mol. The maximum absolute atomic E-state index is 2.68. The fraction of sp³-hybridized carbons (Fsp3) is 0.550. The number of unbranched alkanes of at least 4 members (excludes halogenated alkanes) is 4.